The highest BCUT2D eigenvalue weighted by Crippen LogP contribution is 2.23. The summed E-state index contributed by atoms with van der Waals surface area (Å²) >= 11 is 0. The minimum atomic E-state index is -0.810. The first-order chi connectivity index (χ1) is 8.66. The number of rotatable bonds is 3. The highest BCUT2D eigenvalue weighted by atomic mass is 19.1. The van der Waals surface area contributed by atoms with Crippen LogP contribution in [0.3, 0.4) is 0 Å². The summed E-state index contributed by atoms with van der Waals surface area (Å²) < 4.78 is 18.5. The summed E-state index contributed by atoms with van der Waals surface area (Å²) in [5.41, 5.74) is 0.0832. The topological polar surface area (TPSA) is 64.4 Å². The molecular formula is C12H15FN2O3. The van der Waals surface area contributed by atoms with E-state index in [4.69, 9.17) is 4.74 Å². The van der Waals surface area contributed by atoms with Crippen LogP contribution in [-0.4, -0.2) is 24.2 Å². The molecule has 1 fully saturated rings. The SMILES string of the molecule is O=[N+]([O-])c1cc(NC2CCCOCC2)ccc1F. The standard InChI is InChI=1S/C12H15FN2O3/c13-11-4-3-10(8-12(11)15(16)17)14-9-2-1-6-18-7-5-9/h3-4,8-9,14H,1-2,5-7H2. The zero-order valence-corrected chi connectivity index (χ0v) is 9.89. The zero-order chi connectivity index (χ0) is 13.0. The number of nitro groups is 1. The molecule has 1 aliphatic rings. The van der Waals surface area contributed by atoms with Gasteiger partial charge in [-0.3, -0.25) is 10.1 Å². The molecule has 0 aromatic heterocycles. The maximum atomic E-state index is 13.2. The smallest absolute Gasteiger partial charge is 0.306 e. The highest BCUT2D eigenvalue weighted by molar-refractivity contribution is 5.52. The minimum absolute atomic E-state index is 0.220. The number of benzene rings is 1. The van der Waals surface area contributed by atoms with Gasteiger partial charge < -0.3 is 10.1 Å². The van der Waals surface area contributed by atoms with E-state index in [2.05, 4.69) is 5.32 Å². The molecule has 18 heavy (non-hydrogen) atoms. The van der Waals surface area contributed by atoms with Crippen molar-refractivity contribution in [2.75, 3.05) is 18.5 Å². The van der Waals surface area contributed by atoms with Crippen molar-refractivity contribution in [3.63, 3.8) is 0 Å². The lowest BCUT2D eigenvalue weighted by molar-refractivity contribution is -0.387. The van der Waals surface area contributed by atoms with E-state index in [0.717, 1.165) is 31.9 Å². The molecule has 1 N–H and O–H groups in total. The predicted molar refractivity (Wildman–Crippen MR) is 65.1 cm³/mol. The van der Waals surface area contributed by atoms with Crippen LogP contribution in [-0.2, 0) is 4.74 Å². The summed E-state index contributed by atoms with van der Waals surface area (Å²) in [4.78, 5) is 9.93. The van der Waals surface area contributed by atoms with Gasteiger partial charge in [0.05, 0.1) is 4.92 Å². The van der Waals surface area contributed by atoms with Gasteiger partial charge in [0.2, 0.25) is 5.82 Å². The Balaban J connectivity index is 2.08. The third-order valence-electron chi connectivity index (χ3n) is 2.97. The summed E-state index contributed by atoms with van der Waals surface area (Å²) in [7, 11) is 0. The lowest BCUT2D eigenvalue weighted by atomic mass is 10.1. The fourth-order valence-corrected chi connectivity index (χ4v) is 2.03. The molecule has 0 amide bonds. The van der Waals surface area contributed by atoms with Gasteiger partial charge in [-0.2, -0.15) is 4.39 Å². The quantitative estimate of drug-likeness (QED) is 0.665. The number of nitrogens with zero attached hydrogens (tertiary/aromatic N) is 1. The monoisotopic (exact) mass is 254 g/mol. The third-order valence-corrected chi connectivity index (χ3v) is 2.97. The first-order valence-electron chi connectivity index (χ1n) is 5.95. The molecule has 0 radical (unpaired) electrons. The fraction of sp³-hybridized carbons (Fsp3) is 0.500. The van der Waals surface area contributed by atoms with Crippen LogP contribution >= 0.6 is 0 Å². The Hall–Kier alpha value is -1.69. The number of hydrogen-bond donors (Lipinski definition) is 1. The molecule has 98 valence electrons. The normalized spacial score (nSPS) is 20.2. The molecule has 1 heterocycles. The van der Waals surface area contributed by atoms with Crippen LogP contribution in [0.1, 0.15) is 19.3 Å². The lowest BCUT2D eigenvalue weighted by Gasteiger charge is -2.16. The first-order valence-corrected chi connectivity index (χ1v) is 5.95. The van der Waals surface area contributed by atoms with Gasteiger partial charge in [0, 0.05) is 31.0 Å². The molecule has 1 aliphatic heterocycles. The fourth-order valence-electron chi connectivity index (χ4n) is 2.03. The lowest BCUT2D eigenvalue weighted by Crippen LogP contribution is -2.19. The van der Waals surface area contributed by atoms with Gasteiger partial charge in [-0.25, -0.2) is 0 Å². The molecule has 6 heteroatoms. The first kappa shape index (κ1) is 12.8. The van der Waals surface area contributed by atoms with E-state index in [0.29, 0.717) is 12.3 Å². The Morgan fingerprint density at radius 1 is 1.39 bits per heavy atom. The molecule has 0 bridgehead atoms. The molecule has 1 atom stereocenters. The number of hydrogen-bond acceptors (Lipinski definition) is 4. The van der Waals surface area contributed by atoms with Gasteiger partial charge in [0.1, 0.15) is 0 Å². The Kier molecular flexibility index (Phi) is 4.09. The van der Waals surface area contributed by atoms with Crippen LogP contribution in [0.2, 0.25) is 0 Å². The number of ether oxygens (including phenoxy) is 1. The second-order valence-corrected chi connectivity index (χ2v) is 4.31. The van der Waals surface area contributed by atoms with E-state index < -0.39 is 16.4 Å². The van der Waals surface area contributed by atoms with E-state index in [1.807, 2.05) is 0 Å². The number of anilines is 1. The van der Waals surface area contributed by atoms with Crippen molar-refractivity contribution < 1.29 is 14.1 Å². The zero-order valence-electron chi connectivity index (χ0n) is 9.89. The van der Waals surface area contributed by atoms with Gasteiger partial charge in [0.15, 0.2) is 0 Å². The van der Waals surface area contributed by atoms with Gasteiger partial charge in [-0.1, -0.05) is 0 Å². The number of halogens is 1. The van der Waals surface area contributed by atoms with E-state index in [-0.39, 0.29) is 6.04 Å². The molecule has 1 saturated heterocycles. The predicted octanol–water partition coefficient (Wildman–Crippen LogP) is 2.71. The Labute approximate surface area is 104 Å². The molecule has 5 nitrogen and oxygen atoms in total. The molecule has 1 unspecified atom stereocenters. The molecule has 2 rings (SSSR count). The second kappa shape index (κ2) is 5.77. The van der Waals surface area contributed by atoms with Crippen molar-refractivity contribution in [2.24, 2.45) is 0 Å². The van der Waals surface area contributed by atoms with E-state index in [9.17, 15) is 14.5 Å². The van der Waals surface area contributed by atoms with Crippen molar-refractivity contribution in [2.45, 2.75) is 25.3 Å². The Bertz CT molecular complexity index is 431. The average molecular weight is 254 g/mol. The molecule has 1 aromatic rings. The molecule has 0 spiro atoms. The molecular weight excluding hydrogens is 239 g/mol. The average Bonchev–Trinajstić information content (AvgIpc) is 2.60. The largest absolute Gasteiger partial charge is 0.382 e. The van der Waals surface area contributed by atoms with Crippen LogP contribution in [0.4, 0.5) is 15.8 Å². The van der Waals surface area contributed by atoms with Crippen LogP contribution in [0.25, 0.3) is 0 Å². The molecule has 0 saturated carbocycles. The van der Waals surface area contributed by atoms with Crippen molar-refractivity contribution >= 4 is 11.4 Å². The van der Waals surface area contributed by atoms with Crippen molar-refractivity contribution in [1.29, 1.82) is 0 Å². The number of nitrogens with one attached hydrogen (secondary N) is 1. The summed E-state index contributed by atoms with van der Waals surface area (Å²) in [5.74, 6) is -0.810. The van der Waals surface area contributed by atoms with Crippen molar-refractivity contribution in [3.8, 4) is 0 Å². The summed E-state index contributed by atoms with van der Waals surface area (Å²) in [5, 5.41) is 13.8. The second-order valence-electron chi connectivity index (χ2n) is 4.31. The molecule has 1 aromatic carbocycles. The van der Waals surface area contributed by atoms with Gasteiger partial charge >= 0.3 is 5.69 Å². The van der Waals surface area contributed by atoms with E-state index in [1.165, 1.54) is 12.1 Å². The maximum Gasteiger partial charge on any atom is 0.306 e. The van der Waals surface area contributed by atoms with Crippen LogP contribution in [0, 0.1) is 15.9 Å². The minimum Gasteiger partial charge on any atom is -0.382 e. The summed E-state index contributed by atoms with van der Waals surface area (Å²) in [6, 6.07) is 4.10. The van der Waals surface area contributed by atoms with E-state index in [1.54, 1.807) is 0 Å². The summed E-state index contributed by atoms with van der Waals surface area (Å²) in [6.07, 6.45) is 2.76. The van der Waals surface area contributed by atoms with Crippen LogP contribution in [0.5, 0.6) is 0 Å². The third kappa shape index (κ3) is 3.16. The Morgan fingerprint density at radius 3 is 3.00 bits per heavy atom. The van der Waals surface area contributed by atoms with E-state index >= 15 is 0 Å². The van der Waals surface area contributed by atoms with Crippen LogP contribution in [0.15, 0.2) is 18.2 Å². The van der Waals surface area contributed by atoms with Crippen molar-refractivity contribution in [3.05, 3.63) is 34.1 Å². The van der Waals surface area contributed by atoms with Gasteiger partial charge in [-0.15, -0.1) is 0 Å². The summed E-state index contributed by atoms with van der Waals surface area (Å²) in [6.45, 7) is 1.43. The highest BCUT2D eigenvalue weighted by Gasteiger charge is 2.17. The van der Waals surface area contributed by atoms with Crippen LogP contribution < -0.4 is 5.32 Å². The maximum absolute atomic E-state index is 13.2. The number of nitro benzene ring substituents is 1. The van der Waals surface area contributed by atoms with Gasteiger partial charge in [0.25, 0.3) is 0 Å². The van der Waals surface area contributed by atoms with Gasteiger partial charge in [-0.05, 0) is 31.4 Å². The van der Waals surface area contributed by atoms with Crippen molar-refractivity contribution in [1.82, 2.24) is 0 Å². The molecule has 0 aliphatic carbocycles. The Morgan fingerprint density at radius 2 is 2.22 bits per heavy atom.